The molecule has 0 aliphatic carbocycles. The maximum atomic E-state index is 5.92. The van der Waals surface area contributed by atoms with Crippen LogP contribution in [0.3, 0.4) is 0 Å². The van der Waals surface area contributed by atoms with Crippen LogP contribution in [0, 0.1) is 0 Å². The van der Waals surface area contributed by atoms with E-state index in [0.29, 0.717) is 5.15 Å². The summed E-state index contributed by atoms with van der Waals surface area (Å²) in [5.41, 5.74) is 1.23. The van der Waals surface area contributed by atoms with Gasteiger partial charge in [0.1, 0.15) is 13.0 Å². The minimum atomic E-state index is 0.580. The van der Waals surface area contributed by atoms with E-state index in [1.165, 1.54) is 10.8 Å². The van der Waals surface area contributed by atoms with Crippen molar-refractivity contribution in [3.05, 3.63) is 35.6 Å². The van der Waals surface area contributed by atoms with Gasteiger partial charge in [0.2, 0.25) is 0 Å². The van der Waals surface area contributed by atoms with Crippen molar-refractivity contribution in [1.29, 1.82) is 0 Å². The van der Waals surface area contributed by atoms with E-state index in [9.17, 15) is 0 Å². The average Bonchev–Trinajstić information content (AvgIpc) is 2.07. The first-order valence-corrected chi connectivity index (χ1v) is 4.16. The zero-order valence-electron chi connectivity index (χ0n) is 6.71. The van der Waals surface area contributed by atoms with E-state index < -0.39 is 0 Å². The number of aromatic nitrogens is 1. The standard InChI is InChI=1S/C9H7BClN/c10-8-3-1-2-7-6(8)4-5-12-9(7)11/h1-5H,10H2. The van der Waals surface area contributed by atoms with Crippen molar-refractivity contribution in [2.24, 2.45) is 0 Å². The summed E-state index contributed by atoms with van der Waals surface area (Å²) in [6.45, 7) is 0. The molecule has 0 bridgehead atoms. The number of rotatable bonds is 0. The second kappa shape index (κ2) is 2.79. The molecule has 58 valence electrons. The van der Waals surface area contributed by atoms with Crippen molar-refractivity contribution in [3.63, 3.8) is 0 Å². The third-order valence-corrected chi connectivity index (χ3v) is 2.28. The Labute approximate surface area is 76.8 Å². The molecule has 0 aliphatic heterocycles. The molecular formula is C9H7BClN. The van der Waals surface area contributed by atoms with Crippen LogP contribution >= 0.6 is 11.6 Å². The molecule has 0 spiro atoms. The Morgan fingerprint density at radius 2 is 2.00 bits per heavy atom. The highest BCUT2D eigenvalue weighted by Gasteiger charge is 1.99. The minimum Gasteiger partial charge on any atom is -0.244 e. The van der Waals surface area contributed by atoms with Crippen LogP contribution < -0.4 is 5.46 Å². The predicted octanol–water partition coefficient (Wildman–Crippen LogP) is 1.15. The summed E-state index contributed by atoms with van der Waals surface area (Å²) in [5, 5.41) is 2.79. The van der Waals surface area contributed by atoms with Crippen LogP contribution in [-0.4, -0.2) is 12.8 Å². The van der Waals surface area contributed by atoms with Crippen LogP contribution in [0.1, 0.15) is 0 Å². The monoisotopic (exact) mass is 175 g/mol. The SMILES string of the molecule is Bc1cccc2c(Cl)nccc12. The average molecular weight is 175 g/mol. The lowest BCUT2D eigenvalue weighted by Crippen LogP contribution is -2.02. The van der Waals surface area contributed by atoms with Crippen LogP contribution in [0.25, 0.3) is 10.8 Å². The van der Waals surface area contributed by atoms with Crippen molar-refractivity contribution in [3.8, 4) is 0 Å². The van der Waals surface area contributed by atoms with Crippen LogP contribution in [-0.2, 0) is 0 Å². The first-order valence-electron chi connectivity index (χ1n) is 3.79. The van der Waals surface area contributed by atoms with E-state index in [1.54, 1.807) is 6.20 Å². The number of hydrogen-bond donors (Lipinski definition) is 0. The van der Waals surface area contributed by atoms with Crippen LogP contribution in [0.2, 0.25) is 5.15 Å². The van der Waals surface area contributed by atoms with E-state index in [0.717, 1.165) is 5.39 Å². The molecule has 1 nitrogen and oxygen atoms in total. The lowest BCUT2D eigenvalue weighted by atomic mass is 9.91. The Morgan fingerprint density at radius 1 is 1.17 bits per heavy atom. The Balaban J connectivity index is 2.94. The highest BCUT2D eigenvalue weighted by Crippen LogP contribution is 2.18. The molecule has 0 amide bonds. The Bertz CT molecular complexity index is 387. The van der Waals surface area contributed by atoms with Gasteiger partial charge in [-0.15, -0.1) is 0 Å². The lowest BCUT2D eigenvalue weighted by molar-refractivity contribution is 1.36. The Hall–Kier alpha value is -1.02. The van der Waals surface area contributed by atoms with Gasteiger partial charge in [-0.05, 0) is 11.5 Å². The summed E-state index contributed by atoms with van der Waals surface area (Å²) in [6, 6.07) is 8.03. The molecule has 0 saturated heterocycles. The zero-order valence-corrected chi connectivity index (χ0v) is 7.47. The number of hydrogen-bond acceptors (Lipinski definition) is 1. The van der Waals surface area contributed by atoms with Gasteiger partial charge < -0.3 is 0 Å². The van der Waals surface area contributed by atoms with Gasteiger partial charge in [-0.3, -0.25) is 0 Å². The van der Waals surface area contributed by atoms with Gasteiger partial charge in [-0.1, -0.05) is 35.3 Å². The maximum absolute atomic E-state index is 5.92. The third-order valence-electron chi connectivity index (χ3n) is 1.98. The van der Waals surface area contributed by atoms with E-state index in [-0.39, 0.29) is 0 Å². The normalized spacial score (nSPS) is 10.4. The van der Waals surface area contributed by atoms with Gasteiger partial charge in [0, 0.05) is 11.6 Å². The van der Waals surface area contributed by atoms with Gasteiger partial charge in [-0.2, -0.15) is 0 Å². The highest BCUT2D eigenvalue weighted by atomic mass is 35.5. The molecule has 12 heavy (non-hydrogen) atoms. The van der Waals surface area contributed by atoms with Crippen LogP contribution in [0.15, 0.2) is 30.5 Å². The van der Waals surface area contributed by atoms with E-state index in [2.05, 4.69) is 18.9 Å². The van der Waals surface area contributed by atoms with E-state index in [4.69, 9.17) is 11.6 Å². The zero-order chi connectivity index (χ0) is 8.55. The predicted molar refractivity (Wildman–Crippen MR) is 54.9 cm³/mol. The fourth-order valence-corrected chi connectivity index (χ4v) is 1.55. The fourth-order valence-electron chi connectivity index (χ4n) is 1.33. The number of nitrogens with zero attached hydrogens (tertiary/aromatic N) is 1. The molecule has 2 rings (SSSR count). The molecule has 2 aromatic rings. The van der Waals surface area contributed by atoms with Crippen molar-refractivity contribution in [1.82, 2.24) is 4.98 Å². The summed E-state index contributed by atoms with van der Waals surface area (Å²) in [5.74, 6) is 0. The maximum Gasteiger partial charge on any atom is 0.140 e. The molecule has 0 fully saturated rings. The summed E-state index contributed by atoms with van der Waals surface area (Å²) >= 11 is 5.92. The molecule has 1 heterocycles. The molecule has 0 saturated carbocycles. The molecule has 0 atom stereocenters. The van der Waals surface area contributed by atoms with Crippen LogP contribution in [0.5, 0.6) is 0 Å². The second-order valence-corrected chi connectivity index (χ2v) is 3.13. The van der Waals surface area contributed by atoms with Gasteiger partial charge in [0.15, 0.2) is 0 Å². The first kappa shape index (κ1) is 7.62. The molecular weight excluding hydrogens is 168 g/mol. The summed E-state index contributed by atoms with van der Waals surface area (Å²) in [7, 11) is 2.07. The third kappa shape index (κ3) is 1.08. The number of halogens is 1. The largest absolute Gasteiger partial charge is 0.244 e. The van der Waals surface area contributed by atoms with Gasteiger partial charge >= 0.3 is 0 Å². The molecule has 0 aliphatic rings. The fraction of sp³-hybridized carbons (Fsp3) is 0. The Morgan fingerprint density at radius 3 is 2.75 bits per heavy atom. The van der Waals surface area contributed by atoms with Crippen molar-refractivity contribution < 1.29 is 0 Å². The first-order chi connectivity index (χ1) is 5.79. The number of fused-ring (bicyclic) bond motifs is 1. The molecule has 1 aromatic carbocycles. The van der Waals surface area contributed by atoms with Crippen molar-refractivity contribution in [2.75, 3.05) is 0 Å². The summed E-state index contributed by atoms with van der Waals surface area (Å²) in [4.78, 5) is 4.01. The quantitative estimate of drug-likeness (QED) is 0.432. The molecule has 3 heteroatoms. The molecule has 1 aromatic heterocycles. The molecule has 0 unspecified atom stereocenters. The van der Waals surface area contributed by atoms with E-state index in [1.807, 2.05) is 18.2 Å². The van der Waals surface area contributed by atoms with Gasteiger partial charge in [0.25, 0.3) is 0 Å². The Kier molecular flexibility index (Phi) is 1.78. The van der Waals surface area contributed by atoms with Crippen LogP contribution in [0.4, 0.5) is 0 Å². The lowest BCUT2D eigenvalue weighted by Gasteiger charge is -2.01. The number of pyridine rings is 1. The molecule has 0 N–H and O–H groups in total. The minimum absolute atomic E-state index is 0.580. The molecule has 0 radical (unpaired) electrons. The summed E-state index contributed by atoms with van der Waals surface area (Å²) in [6.07, 6.45) is 1.73. The van der Waals surface area contributed by atoms with Gasteiger partial charge in [-0.25, -0.2) is 4.98 Å². The summed E-state index contributed by atoms with van der Waals surface area (Å²) < 4.78 is 0. The second-order valence-electron chi connectivity index (χ2n) is 2.77. The number of benzene rings is 1. The van der Waals surface area contributed by atoms with E-state index >= 15 is 0 Å². The topological polar surface area (TPSA) is 12.9 Å². The van der Waals surface area contributed by atoms with Gasteiger partial charge in [0.05, 0.1) is 0 Å². The van der Waals surface area contributed by atoms with Crippen molar-refractivity contribution >= 4 is 35.7 Å². The smallest absolute Gasteiger partial charge is 0.140 e. The highest BCUT2D eigenvalue weighted by molar-refractivity contribution is 6.41. The van der Waals surface area contributed by atoms with Crippen molar-refractivity contribution in [2.45, 2.75) is 0 Å².